The molecule has 4 aromatic carbocycles. The van der Waals surface area contributed by atoms with Gasteiger partial charge in [-0.2, -0.15) is 0 Å². The van der Waals surface area contributed by atoms with E-state index < -0.39 is 70.2 Å². The number of nitrogens with one attached hydrogen (secondary N) is 2. The Morgan fingerprint density at radius 3 is 2.20 bits per heavy atom. The summed E-state index contributed by atoms with van der Waals surface area (Å²) in [6, 6.07) is 17.3. The van der Waals surface area contributed by atoms with Gasteiger partial charge in [-0.25, -0.2) is 14.4 Å². The maximum absolute atomic E-state index is 13.8. The van der Waals surface area contributed by atoms with Crippen molar-refractivity contribution in [2.45, 2.75) is 61.9 Å². The van der Waals surface area contributed by atoms with Crippen LogP contribution in [0, 0.1) is 0 Å². The zero-order valence-corrected chi connectivity index (χ0v) is 39.9. The zero-order chi connectivity index (χ0) is 50.5. The first-order valence-electron chi connectivity index (χ1n) is 21.8. The standard InChI is InChI=1S/C49H38ClN3O16S2/c1-4-5-40(57)67-38-19-35-24(15-34(38)50)14-30(47(62)68-35)43(58)51-13-12-39(56)52-41-44(59)53-42(46(60)61)25(21-71-45(41)53)20-70-28-8-11-31-29(18-28)48(63)69-49(31)32-9-6-26(64-22(2)54)16-36(32)66-37-17-27(65-23(3)55)7-10-33(37)49/h6-11,14-19,41,45H,4-5,12-13,20-21H2,1-3H3,(H,51,58)(H,52,56)(H,60,61)/t41-,45-/m1/s1. The van der Waals surface area contributed by atoms with Gasteiger partial charge in [0.1, 0.15) is 51.3 Å². The van der Waals surface area contributed by atoms with Crippen molar-refractivity contribution in [1.82, 2.24) is 15.5 Å². The molecule has 0 radical (unpaired) electrons. The van der Waals surface area contributed by atoms with Gasteiger partial charge in [0.2, 0.25) is 5.91 Å². The third-order valence-electron chi connectivity index (χ3n) is 11.6. The zero-order valence-electron chi connectivity index (χ0n) is 37.5. The molecule has 1 spiro atoms. The fourth-order valence-corrected chi connectivity index (χ4v) is 11.2. The number of nitrogens with zero attached hydrogens (tertiary/aromatic N) is 1. The number of hydrogen-bond acceptors (Lipinski definition) is 17. The number of halogens is 1. The van der Waals surface area contributed by atoms with E-state index in [-0.39, 0.29) is 92.5 Å². The van der Waals surface area contributed by atoms with Crippen LogP contribution in [0.2, 0.25) is 5.02 Å². The first-order chi connectivity index (χ1) is 33.9. The Kier molecular flexibility index (Phi) is 13.2. The number of amides is 3. The molecule has 3 N–H and O–H groups in total. The maximum atomic E-state index is 13.8. The molecule has 4 aliphatic heterocycles. The molecule has 0 bridgehead atoms. The molecule has 1 fully saturated rings. The molecule has 9 rings (SSSR count). The lowest BCUT2D eigenvalue weighted by atomic mass is 9.77. The Morgan fingerprint density at radius 1 is 0.873 bits per heavy atom. The highest BCUT2D eigenvalue weighted by atomic mass is 35.5. The third kappa shape index (κ3) is 9.18. The quantitative estimate of drug-likeness (QED) is 0.0366. The fraction of sp³-hybridized carbons (Fsp3) is 0.245. The molecule has 3 amide bonds. The first kappa shape index (κ1) is 48.4. The minimum atomic E-state index is -1.53. The van der Waals surface area contributed by atoms with Crippen molar-refractivity contribution in [1.29, 1.82) is 0 Å². The number of aliphatic carboxylic acids is 1. The van der Waals surface area contributed by atoms with Crippen LogP contribution in [0.3, 0.4) is 0 Å². The van der Waals surface area contributed by atoms with Crippen molar-refractivity contribution in [3.8, 4) is 28.7 Å². The Morgan fingerprint density at radius 2 is 1.55 bits per heavy atom. The monoisotopic (exact) mass is 1020 g/mol. The predicted molar refractivity (Wildman–Crippen MR) is 253 cm³/mol. The van der Waals surface area contributed by atoms with Gasteiger partial charge >= 0.3 is 35.5 Å². The molecule has 0 saturated carbocycles. The topological polar surface area (TPSA) is 260 Å². The highest BCUT2D eigenvalue weighted by molar-refractivity contribution is 8.01. The lowest BCUT2D eigenvalue weighted by Crippen LogP contribution is -2.70. The van der Waals surface area contributed by atoms with E-state index in [2.05, 4.69) is 10.6 Å². The number of thioether (sulfide) groups is 2. The van der Waals surface area contributed by atoms with Crippen LogP contribution >= 0.6 is 35.1 Å². The lowest BCUT2D eigenvalue weighted by molar-refractivity contribution is -0.150. The number of fused-ring (bicyclic) bond motifs is 8. The molecule has 22 heteroatoms. The van der Waals surface area contributed by atoms with Gasteiger partial charge in [0, 0.05) is 89.9 Å². The van der Waals surface area contributed by atoms with Crippen molar-refractivity contribution in [3.63, 3.8) is 0 Å². The largest absolute Gasteiger partial charge is 0.477 e. The molecule has 0 aliphatic carbocycles. The molecular formula is C49H38ClN3O16S2. The highest BCUT2D eigenvalue weighted by Gasteiger charge is 2.55. The number of hydrogen-bond donors (Lipinski definition) is 3. The van der Waals surface area contributed by atoms with Gasteiger partial charge in [0.25, 0.3) is 11.8 Å². The predicted octanol–water partition coefficient (Wildman–Crippen LogP) is 6.22. The minimum absolute atomic E-state index is 0.00746. The van der Waals surface area contributed by atoms with Crippen LogP contribution < -0.4 is 35.2 Å². The van der Waals surface area contributed by atoms with Crippen LogP contribution in [-0.4, -0.2) is 87.0 Å². The highest BCUT2D eigenvalue weighted by Crippen LogP contribution is 2.57. The number of carbonyl (C=O) groups is 8. The van der Waals surface area contributed by atoms with Gasteiger partial charge in [0.05, 0.1) is 10.6 Å². The Labute approximate surface area is 415 Å². The summed E-state index contributed by atoms with van der Waals surface area (Å²) >= 11 is 8.77. The molecule has 0 unspecified atom stereocenters. The maximum Gasteiger partial charge on any atom is 0.352 e. The molecule has 1 aromatic heterocycles. The molecule has 1 saturated heterocycles. The van der Waals surface area contributed by atoms with Crippen molar-refractivity contribution >= 4 is 93.7 Å². The number of carboxylic acids is 1. The van der Waals surface area contributed by atoms with Gasteiger partial charge in [-0.1, -0.05) is 24.6 Å². The van der Waals surface area contributed by atoms with Crippen molar-refractivity contribution in [3.05, 3.63) is 127 Å². The summed E-state index contributed by atoms with van der Waals surface area (Å²) in [5, 5.41) is 15.0. The number of esters is 4. The van der Waals surface area contributed by atoms with E-state index in [0.29, 0.717) is 33.6 Å². The summed E-state index contributed by atoms with van der Waals surface area (Å²) in [5.41, 5.74) is -1.09. The number of carbonyl (C=O) groups excluding carboxylic acids is 7. The average Bonchev–Trinajstić information content (AvgIpc) is 3.60. The third-order valence-corrected chi connectivity index (χ3v) is 14.3. The molecule has 364 valence electrons. The summed E-state index contributed by atoms with van der Waals surface area (Å²) in [6.07, 6.45) is 0.417. The normalized spacial score (nSPS) is 16.9. The second-order valence-electron chi connectivity index (χ2n) is 16.4. The fourth-order valence-electron chi connectivity index (χ4n) is 8.55. The number of rotatable bonds is 14. The number of benzene rings is 4. The number of carboxylic acid groups (broad SMARTS) is 1. The summed E-state index contributed by atoms with van der Waals surface area (Å²) in [4.78, 5) is 116. The van der Waals surface area contributed by atoms with E-state index in [1.807, 2.05) is 0 Å². The van der Waals surface area contributed by atoms with Crippen LogP contribution in [0.15, 0.2) is 98.2 Å². The smallest absolute Gasteiger partial charge is 0.352 e. The van der Waals surface area contributed by atoms with Crippen molar-refractivity contribution in [2.75, 3.05) is 18.1 Å². The summed E-state index contributed by atoms with van der Waals surface area (Å²) in [5.74, 6) is -4.64. The van der Waals surface area contributed by atoms with E-state index >= 15 is 0 Å². The SMILES string of the molecule is CCCC(=O)Oc1cc2oc(=O)c(C(=O)NCCC(=O)N[C@@H]3C(=O)N4C(C(=O)O)=C(CSc5ccc6c(c5)C(=O)OC65c6ccc(OC(C)=O)cc6Oc6cc(OC(C)=O)ccc65)CS[C@H]34)cc2cc1Cl. The summed E-state index contributed by atoms with van der Waals surface area (Å²) < 4.78 is 33.6. The van der Waals surface area contributed by atoms with E-state index in [4.69, 9.17) is 39.7 Å². The van der Waals surface area contributed by atoms with E-state index in [1.54, 1.807) is 49.4 Å². The van der Waals surface area contributed by atoms with Gasteiger partial charge in [-0.15, -0.1) is 23.5 Å². The Balaban J connectivity index is 0.853. The van der Waals surface area contributed by atoms with Crippen molar-refractivity contribution < 1.29 is 71.6 Å². The van der Waals surface area contributed by atoms with Crippen LogP contribution in [0.1, 0.15) is 77.4 Å². The molecule has 19 nitrogen and oxygen atoms in total. The molecule has 5 aromatic rings. The Bertz CT molecular complexity index is 3210. The minimum Gasteiger partial charge on any atom is -0.477 e. The van der Waals surface area contributed by atoms with Crippen molar-refractivity contribution in [2.24, 2.45) is 0 Å². The van der Waals surface area contributed by atoms with Gasteiger partial charge < -0.3 is 43.8 Å². The van der Waals surface area contributed by atoms with Gasteiger partial charge in [0.15, 0.2) is 11.4 Å². The molecule has 2 atom stereocenters. The molecule has 4 aliphatic rings. The summed E-state index contributed by atoms with van der Waals surface area (Å²) in [7, 11) is 0. The second kappa shape index (κ2) is 19.3. The van der Waals surface area contributed by atoms with Crippen LogP contribution in [0.5, 0.6) is 28.7 Å². The van der Waals surface area contributed by atoms with Crippen LogP contribution in [0.4, 0.5) is 0 Å². The number of β-lactam (4-membered cyclic amide) rings is 1. The first-order valence-corrected chi connectivity index (χ1v) is 24.2. The summed E-state index contributed by atoms with van der Waals surface area (Å²) in [6.45, 7) is 4.07. The van der Waals surface area contributed by atoms with Gasteiger partial charge in [-0.05, 0) is 60.5 Å². The number of ether oxygens (including phenoxy) is 5. The molecule has 5 heterocycles. The van der Waals surface area contributed by atoms with E-state index in [0.717, 1.165) is 4.90 Å². The van der Waals surface area contributed by atoms with Crippen LogP contribution in [-0.2, 0) is 39.1 Å². The van der Waals surface area contributed by atoms with Crippen LogP contribution in [0.25, 0.3) is 11.0 Å². The van der Waals surface area contributed by atoms with E-state index in [1.165, 1.54) is 67.7 Å². The second-order valence-corrected chi connectivity index (χ2v) is 18.9. The Hall–Kier alpha value is -7.62. The molecular weight excluding hydrogens is 986 g/mol. The van der Waals surface area contributed by atoms with E-state index in [9.17, 15) is 48.3 Å². The van der Waals surface area contributed by atoms with Gasteiger partial charge in [-0.3, -0.25) is 33.7 Å². The molecule has 71 heavy (non-hydrogen) atoms. The lowest BCUT2D eigenvalue weighted by Gasteiger charge is -2.49. The average molecular weight is 1020 g/mol.